The minimum absolute atomic E-state index is 0.202. The number of carbonyl (C=O) groups excluding carboxylic acids is 1. The lowest BCUT2D eigenvalue weighted by Crippen LogP contribution is -2.46. The second kappa shape index (κ2) is 4.91. The van der Waals surface area contributed by atoms with Gasteiger partial charge in [-0.15, -0.1) is 0 Å². The first kappa shape index (κ1) is 15.2. The van der Waals surface area contributed by atoms with E-state index in [1.165, 1.54) is 0 Å². The Morgan fingerprint density at radius 2 is 1.86 bits per heavy atom. The number of rotatable bonds is 3. The molecule has 0 aromatic rings. The second-order valence-corrected chi connectivity index (χ2v) is 6.80. The maximum atomic E-state index is 11.9. The third kappa shape index (κ3) is 2.11. The quantitative estimate of drug-likeness (QED) is 0.738. The van der Waals surface area contributed by atoms with Gasteiger partial charge < -0.3 is 23.7 Å². The maximum Gasteiger partial charge on any atom is 0.338 e. The lowest BCUT2D eigenvalue weighted by atomic mass is 9.83. The fourth-order valence-electron chi connectivity index (χ4n) is 3.41. The molecule has 6 nitrogen and oxygen atoms in total. The van der Waals surface area contributed by atoms with Gasteiger partial charge >= 0.3 is 5.97 Å². The van der Waals surface area contributed by atoms with E-state index in [0.29, 0.717) is 13.0 Å². The van der Waals surface area contributed by atoms with E-state index in [9.17, 15) is 4.79 Å². The Bertz CT molecular complexity index is 430. The van der Waals surface area contributed by atoms with Crippen molar-refractivity contribution in [3.05, 3.63) is 0 Å². The molecular weight excluding hydrogens is 276 g/mol. The van der Waals surface area contributed by atoms with E-state index in [4.69, 9.17) is 23.7 Å². The van der Waals surface area contributed by atoms with Crippen molar-refractivity contribution in [3.63, 3.8) is 0 Å². The summed E-state index contributed by atoms with van der Waals surface area (Å²) in [6.45, 7) is 10.5. The van der Waals surface area contributed by atoms with Crippen LogP contribution in [0.5, 0.6) is 0 Å². The summed E-state index contributed by atoms with van der Waals surface area (Å²) in [6.07, 6.45) is -1.76. The summed E-state index contributed by atoms with van der Waals surface area (Å²) in [5.41, 5.74) is -0.202. The SMILES string of the molecule is CCO[C@@H]1C(=O)O[C@H]2[C@@H]3OC(CC)(C(C)(C)C)O[C@@H]3O[C@H]21. The van der Waals surface area contributed by atoms with Crippen LogP contribution in [0.4, 0.5) is 0 Å². The van der Waals surface area contributed by atoms with Crippen molar-refractivity contribution >= 4 is 5.97 Å². The highest BCUT2D eigenvalue weighted by Gasteiger charge is 2.66. The third-order valence-corrected chi connectivity index (χ3v) is 4.58. The third-order valence-electron chi connectivity index (χ3n) is 4.58. The van der Waals surface area contributed by atoms with Crippen LogP contribution in [0.15, 0.2) is 0 Å². The normalized spacial score (nSPS) is 45.6. The lowest BCUT2D eigenvalue weighted by Gasteiger charge is -2.40. The average molecular weight is 300 g/mol. The van der Waals surface area contributed by atoms with Gasteiger partial charge in [0.15, 0.2) is 30.4 Å². The highest BCUT2D eigenvalue weighted by Crippen LogP contribution is 2.50. The van der Waals surface area contributed by atoms with E-state index in [1.807, 2.05) is 13.8 Å². The van der Waals surface area contributed by atoms with E-state index in [1.54, 1.807) is 0 Å². The zero-order valence-electron chi connectivity index (χ0n) is 13.3. The van der Waals surface area contributed by atoms with Crippen LogP contribution in [0, 0.1) is 5.41 Å². The molecule has 0 N–H and O–H groups in total. The monoisotopic (exact) mass is 300 g/mol. The van der Waals surface area contributed by atoms with Crippen molar-refractivity contribution < 1.29 is 28.5 Å². The summed E-state index contributed by atoms with van der Waals surface area (Å²) in [7, 11) is 0. The van der Waals surface area contributed by atoms with E-state index < -0.39 is 30.4 Å². The molecule has 6 heteroatoms. The molecule has 3 rings (SSSR count). The molecule has 3 fully saturated rings. The molecule has 120 valence electrons. The van der Waals surface area contributed by atoms with Gasteiger partial charge in [0.1, 0.15) is 6.10 Å². The van der Waals surface area contributed by atoms with Gasteiger partial charge in [0, 0.05) is 12.0 Å². The zero-order valence-corrected chi connectivity index (χ0v) is 13.3. The molecule has 3 aliphatic rings. The topological polar surface area (TPSA) is 63.2 Å². The maximum absolute atomic E-state index is 11.9. The van der Waals surface area contributed by atoms with Crippen molar-refractivity contribution in [2.24, 2.45) is 5.41 Å². The van der Waals surface area contributed by atoms with E-state index in [0.717, 1.165) is 0 Å². The Kier molecular flexibility index (Phi) is 3.56. The number of esters is 1. The van der Waals surface area contributed by atoms with Crippen molar-refractivity contribution in [1.82, 2.24) is 0 Å². The fraction of sp³-hybridized carbons (Fsp3) is 0.933. The fourth-order valence-corrected chi connectivity index (χ4v) is 3.41. The first-order chi connectivity index (χ1) is 9.83. The summed E-state index contributed by atoms with van der Waals surface area (Å²) < 4.78 is 29.0. The molecule has 0 radical (unpaired) electrons. The summed E-state index contributed by atoms with van der Waals surface area (Å²) in [6, 6.07) is 0. The molecular formula is C15H24O6. The molecule has 3 heterocycles. The molecule has 0 bridgehead atoms. The molecule has 3 aliphatic heterocycles. The molecule has 1 unspecified atom stereocenters. The van der Waals surface area contributed by atoms with Gasteiger partial charge in [0.25, 0.3) is 0 Å². The lowest BCUT2D eigenvalue weighted by molar-refractivity contribution is -0.278. The molecule has 0 spiro atoms. The smallest absolute Gasteiger partial charge is 0.338 e. The van der Waals surface area contributed by atoms with Gasteiger partial charge in [-0.25, -0.2) is 4.79 Å². The Labute approximate surface area is 125 Å². The van der Waals surface area contributed by atoms with E-state index in [-0.39, 0.29) is 17.5 Å². The van der Waals surface area contributed by atoms with Crippen molar-refractivity contribution in [2.45, 2.75) is 77.5 Å². The summed E-state index contributed by atoms with van der Waals surface area (Å²) in [4.78, 5) is 11.9. The van der Waals surface area contributed by atoms with Crippen LogP contribution in [-0.4, -0.2) is 49.1 Å². The molecule has 0 saturated carbocycles. The van der Waals surface area contributed by atoms with Gasteiger partial charge in [-0.3, -0.25) is 0 Å². The highest BCUT2D eigenvalue weighted by molar-refractivity contribution is 5.78. The van der Waals surface area contributed by atoms with Crippen LogP contribution < -0.4 is 0 Å². The number of carbonyl (C=O) groups is 1. The van der Waals surface area contributed by atoms with Crippen LogP contribution >= 0.6 is 0 Å². The Morgan fingerprint density at radius 1 is 1.14 bits per heavy atom. The molecule has 3 saturated heterocycles. The Morgan fingerprint density at radius 3 is 2.43 bits per heavy atom. The van der Waals surface area contributed by atoms with Crippen molar-refractivity contribution in [1.29, 1.82) is 0 Å². The van der Waals surface area contributed by atoms with Crippen LogP contribution in [0.1, 0.15) is 41.0 Å². The van der Waals surface area contributed by atoms with Gasteiger partial charge in [0.05, 0.1) is 0 Å². The first-order valence-electron chi connectivity index (χ1n) is 7.66. The first-order valence-corrected chi connectivity index (χ1v) is 7.66. The van der Waals surface area contributed by atoms with Gasteiger partial charge in [-0.05, 0) is 13.3 Å². The molecule has 0 amide bonds. The number of ether oxygens (including phenoxy) is 5. The van der Waals surface area contributed by atoms with Gasteiger partial charge in [0.2, 0.25) is 0 Å². The van der Waals surface area contributed by atoms with Gasteiger partial charge in [-0.1, -0.05) is 27.7 Å². The van der Waals surface area contributed by atoms with Crippen LogP contribution in [0.2, 0.25) is 0 Å². The van der Waals surface area contributed by atoms with E-state index in [2.05, 4.69) is 20.8 Å². The van der Waals surface area contributed by atoms with Gasteiger partial charge in [-0.2, -0.15) is 0 Å². The van der Waals surface area contributed by atoms with E-state index >= 15 is 0 Å². The number of hydrogen-bond donors (Lipinski definition) is 0. The molecule has 0 aliphatic carbocycles. The largest absolute Gasteiger partial charge is 0.454 e. The summed E-state index contributed by atoms with van der Waals surface area (Å²) in [5.74, 6) is -1.10. The second-order valence-electron chi connectivity index (χ2n) is 6.80. The zero-order chi connectivity index (χ0) is 15.4. The van der Waals surface area contributed by atoms with Crippen molar-refractivity contribution in [3.8, 4) is 0 Å². The number of hydrogen-bond acceptors (Lipinski definition) is 6. The van der Waals surface area contributed by atoms with Crippen molar-refractivity contribution in [2.75, 3.05) is 6.61 Å². The van der Waals surface area contributed by atoms with Crippen LogP contribution in [-0.2, 0) is 28.5 Å². The summed E-state index contributed by atoms with van der Waals surface area (Å²) in [5, 5.41) is 0. The average Bonchev–Trinajstić information content (AvgIpc) is 3.00. The molecule has 21 heavy (non-hydrogen) atoms. The number of fused-ring (bicyclic) bond motifs is 3. The molecule has 0 aromatic heterocycles. The molecule has 6 atom stereocenters. The standard InChI is InChI=1S/C15H24O6/c1-6-15(14(3,4)5)20-11-9-8(19-13(11)21-15)10(17-7-2)12(16)18-9/h8-11,13H,6-7H2,1-5H3/t8-,9-,10+,11+,13+,15?/m1/s1. The van der Waals surface area contributed by atoms with Crippen LogP contribution in [0.3, 0.4) is 0 Å². The molecule has 0 aromatic carbocycles. The highest BCUT2D eigenvalue weighted by atomic mass is 16.9. The Balaban J connectivity index is 1.79. The minimum atomic E-state index is -0.719. The predicted molar refractivity (Wildman–Crippen MR) is 72.4 cm³/mol. The minimum Gasteiger partial charge on any atom is -0.454 e. The Hall–Kier alpha value is -0.690. The van der Waals surface area contributed by atoms with Crippen LogP contribution in [0.25, 0.3) is 0 Å². The predicted octanol–water partition coefficient (Wildman–Crippen LogP) is 1.61. The summed E-state index contributed by atoms with van der Waals surface area (Å²) >= 11 is 0.